The molecule has 0 radical (unpaired) electrons. The van der Waals surface area contributed by atoms with Crippen LogP contribution in [0, 0.1) is 19.8 Å². The molecule has 110 valence electrons. The maximum atomic E-state index is 12.2. The number of para-hydroxylation sites is 1. The third-order valence-electron chi connectivity index (χ3n) is 3.16. The van der Waals surface area contributed by atoms with E-state index in [1.807, 2.05) is 32.0 Å². The number of carboxylic acids is 1. The molecule has 0 spiro atoms. The van der Waals surface area contributed by atoms with Gasteiger partial charge < -0.3 is 14.7 Å². The first-order valence-corrected chi connectivity index (χ1v) is 6.46. The van der Waals surface area contributed by atoms with Gasteiger partial charge in [-0.1, -0.05) is 25.1 Å². The second kappa shape index (κ2) is 7.05. The minimum absolute atomic E-state index is 0.0693. The molecule has 1 N–H and O–H groups in total. The van der Waals surface area contributed by atoms with Crippen molar-refractivity contribution in [1.29, 1.82) is 0 Å². The lowest BCUT2D eigenvalue weighted by atomic mass is 10.1. The zero-order chi connectivity index (χ0) is 15.3. The van der Waals surface area contributed by atoms with Crippen LogP contribution in [0.2, 0.25) is 0 Å². The second-order valence-electron chi connectivity index (χ2n) is 4.92. The molecule has 1 aromatic rings. The molecule has 0 aliphatic carbocycles. The molecule has 5 heteroatoms. The summed E-state index contributed by atoms with van der Waals surface area (Å²) in [5.41, 5.74) is 2.64. The molecule has 1 rings (SSSR count). The molecule has 0 aromatic heterocycles. The maximum Gasteiger partial charge on any atom is 0.308 e. The molecule has 0 saturated carbocycles. The third-order valence-corrected chi connectivity index (χ3v) is 3.16. The van der Waals surface area contributed by atoms with Crippen LogP contribution in [0.5, 0.6) is 0 Å². The van der Waals surface area contributed by atoms with Crippen molar-refractivity contribution in [1.82, 2.24) is 0 Å². The highest BCUT2D eigenvalue weighted by Gasteiger charge is 2.24. The molecule has 0 saturated heterocycles. The van der Waals surface area contributed by atoms with Crippen LogP contribution in [0.25, 0.3) is 0 Å². The van der Waals surface area contributed by atoms with Gasteiger partial charge in [0.05, 0.1) is 5.92 Å². The summed E-state index contributed by atoms with van der Waals surface area (Å²) < 4.78 is 4.89. The average molecular weight is 279 g/mol. The van der Waals surface area contributed by atoms with E-state index < -0.39 is 11.9 Å². The number of aryl methyl sites for hydroxylation is 2. The Bertz CT molecular complexity index is 478. The van der Waals surface area contributed by atoms with Crippen LogP contribution in [0.1, 0.15) is 18.1 Å². The third kappa shape index (κ3) is 3.81. The average Bonchev–Trinajstić information content (AvgIpc) is 2.37. The summed E-state index contributed by atoms with van der Waals surface area (Å²) in [5, 5.41) is 9.06. The predicted molar refractivity (Wildman–Crippen MR) is 76.9 cm³/mol. The van der Waals surface area contributed by atoms with E-state index in [2.05, 4.69) is 0 Å². The fourth-order valence-corrected chi connectivity index (χ4v) is 2.10. The molecule has 5 nitrogen and oxygen atoms in total. The molecule has 1 unspecified atom stereocenters. The first-order valence-electron chi connectivity index (χ1n) is 6.46. The predicted octanol–water partition coefficient (Wildman–Crippen LogP) is 2.00. The van der Waals surface area contributed by atoms with Gasteiger partial charge in [0, 0.05) is 19.3 Å². The molecule has 0 bridgehead atoms. The number of anilines is 1. The van der Waals surface area contributed by atoms with Crippen LogP contribution in [-0.2, 0) is 14.3 Å². The lowest BCUT2D eigenvalue weighted by Crippen LogP contribution is -2.39. The van der Waals surface area contributed by atoms with Gasteiger partial charge in [0.2, 0.25) is 0 Å². The van der Waals surface area contributed by atoms with Gasteiger partial charge in [0.15, 0.2) is 0 Å². The van der Waals surface area contributed by atoms with Gasteiger partial charge >= 0.3 is 5.97 Å². The number of benzene rings is 1. The van der Waals surface area contributed by atoms with Crippen molar-refractivity contribution in [3.05, 3.63) is 29.3 Å². The highest BCUT2D eigenvalue weighted by atomic mass is 16.5. The molecule has 20 heavy (non-hydrogen) atoms. The van der Waals surface area contributed by atoms with Crippen molar-refractivity contribution in [2.75, 3.05) is 25.2 Å². The summed E-state index contributed by atoms with van der Waals surface area (Å²) in [4.78, 5) is 24.8. The van der Waals surface area contributed by atoms with E-state index in [9.17, 15) is 9.59 Å². The molecular formula is C15H21NO4. The number of hydrogen-bond acceptors (Lipinski definition) is 3. The van der Waals surface area contributed by atoms with Gasteiger partial charge in [-0.3, -0.25) is 9.59 Å². The quantitative estimate of drug-likeness (QED) is 0.865. The number of aliphatic carboxylic acids is 1. The number of nitrogens with zero attached hydrogens (tertiary/aromatic N) is 1. The van der Waals surface area contributed by atoms with Gasteiger partial charge in [0.1, 0.15) is 6.61 Å². The maximum absolute atomic E-state index is 12.2. The summed E-state index contributed by atoms with van der Waals surface area (Å²) in [6, 6.07) is 5.72. The van der Waals surface area contributed by atoms with E-state index >= 15 is 0 Å². The Morgan fingerprint density at radius 2 is 1.85 bits per heavy atom. The van der Waals surface area contributed by atoms with Crippen LogP contribution in [0.4, 0.5) is 5.69 Å². The summed E-state index contributed by atoms with van der Waals surface area (Å²) >= 11 is 0. The molecule has 1 atom stereocenters. The fraction of sp³-hybridized carbons (Fsp3) is 0.467. The van der Waals surface area contributed by atoms with E-state index in [-0.39, 0.29) is 19.1 Å². The first-order chi connectivity index (χ1) is 9.38. The van der Waals surface area contributed by atoms with Crippen LogP contribution < -0.4 is 4.90 Å². The number of carbonyl (C=O) groups excluding carboxylic acids is 1. The van der Waals surface area contributed by atoms with Crippen LogP contribution >= 0.6 is 0 Å². The summed E-state index contributed by atoms with van der Waals surface area (Å²) in [5.74, 6) is -1.81. The number of ether oxygens (including phenoxy) is 1. The Balaban J connectivity index is 3.16. The highest BCUT2D eigenvalue weighted by Crippen LogP contribution is 2.25. The van der Waals surface area contributed by atoms with E-state index in [1.165, 1.54) is 12.0 Å². The van der Waals surface area contributed by atoms with Gasteiger partial charge in [-0.25, -0.2) is 0 Å². The van der Waals surface area contributed by atoms with Gasteiger partial charge in [-0.2, -0.15) is 0 Å². The molecule has 0 fully saturated rings. The molecule has 0 aliphatic heterocycles. The largest absolute Gasteiger partial charge is 0.481 e. The minimum atomic E-state index is -0.925. The number of carboxylic acid groups (broad SMARTS) is 1. The van der Waals surface area contributed by atoms with Crippen LogP contribution in [0.15, 0.2) is 18.2 Å². The van der Waals surface area contributed by atoms with Gasteiger partial charge in [-0.15, -0.1) is 0 Å². The smallest absolute Gasteiger partial charge is 0.308 e. The first kappa shape index (κ1) is 16.2. The van der Waals surface area contributed by atoms with Crippen molar-refractivity contribution < 1.29 is 19.4 Å². The van der Waals surface area contributed by atoms with Crippen LogP contribution in [0.3, 0.4) is 0 Å². The number of rotatable bonds is 6. The summed E-state index contributed by atoms with van der Waals surface area (Å²) in [6.07, 6.45) is 0. The molecule has 0 heterocycles. The van der Waals surface area contributed by atoms with E-state index in [4.69, 9.17) is 9.84 Å². The topological polar surface area (TPSA) is 66.8 Å². The van der Waals surface area contributed by atoms with Crippen LogP contribution in [-0.4, -0.2) is 37.2 Å². The van der Waals surface area contributed by atoms with Crippen molar-refractivity contribution >= 4 is 17.6 Å². The Morgan fingerprint density at radius 3 is 2.30 bits per heavy atom. The zero-order valence-corrected chi connectivity index (χ0v) is 12.3. The monoisotopic (exact) mass is 279 g/mol. The van der Waals surface area contributed by atoms with E-state index in [1.54, 1.807) is 6.92 Å². The van der Waals surface area contributed by atoms with E-state index in [0.717, 1.165) is 16.8 Å². The SMILES string of the molecule is COCC(=O)N(CC(C)C(=O)O)c1c(C)cccc1C. The highest BCUT2D eigenvalue weighted by molar-refractivity contribution is 5.96. The number of methoxy groups -OCH3 is 1. The Labute approximate surface area is 119 Å². The van der Waals surface area contributed by atoms with Crippen molar-refractivity contribution in [3.63, 3.8) is 0 Å². The fourth-order valence-electron chi connectivity index (χ4n) is 2.10. The molecule has 0 aliphatic rings. The summed E-state index contributed by atoms with van der Waals surface area (Å²) in [6.45, 7) is 5.45. The van der Waals surface area contributed by atoms with Crippen molar-refractivity contribution in [3.8, 4) is 0 Å². The molecule has 1 aromatic carbocycles. The minimum Gasteiger partial charge on any atom is -0.481 e. The molecular weight excluding hydrogens is 258 g/mol. The normalized spacial score (nSPS) is 12.0. The van der Waals surface area contributed by atoms with Crippen molar-refractivity contribution in [2.45, 2.75) is 20.8 Å². The number of hydrogen-bond donors (Lipinski definition) is 1. The van der Waals surface area contributed by atoms with E-state index in [0.29, 0.717) is 0 Å². The van der Waals surface area contributed by atoms with Gasteiger partial charge in [-0.05, 0) is 25.0 Å². The lowest BCUT2D eigenvalue weighted by Gasteiger charge is -2.27. The number of amides is 1. The molecule has 1 amide bonds. The lowest BCUT2D eigenvalue weighted by molar-refractivity contribution is -0.140. The Kier molecular flexibility index (Phi) is 5.70. The van der Waals surface area contributed by atoms with Crippen molar-refractivity contribution in [2.24, 2.45) is 5.92 Å². The summed E-state index contributed by atoms with van der Waals surface area (Å²) in [7, 11) is 1.45. The second-order valence-corrected chi connectivity index (χ2v) is 4.92. The standard InChI is InChI=1S/C15H21NO4/c1-10-6-5-7-11(2)14(10)16(13(17)9-20-4)8-12(3)15(18)19/h5-7,12H,8-9H2,1-4H3,(H,18,19). The Morgan fingerprint density at radius 1 is 1.30 bits per heavy atom. The van der Waals surface area contributed by atoms with Gasteiger partial charge in [0.25, 0.3) is 5.91 Å². The Hall–Kier alpha value is -1.88. The zero-order valence-electron chi connectivity index (χ0n) is 12.3. The number of carbonyl (C=O) groups is 2.